The molecule has 28 heavy (non-hydrogen) atoms. The Kier molecular flexibility index (Phi) is 6.31. The van der Waals surface area contributed by atoms with Crippen molar-refractivity contribution in [3.8, 4) is 0 Å². The molecule has 1 aromatic heterocycles. The van der Waals surface area contributed by atoms with Gasteiger partial charge in [0, 0.05) is 31.9 Å². The zero-order chi connectivity index (χ0) is 19.2. The third kappa shape index (κ3) is 4.76. The molecule has 0 aliphatic carbocycles. The molecule has 0 unspecified atom stereocenters. The van der Waals surface area contributed by atoms with Crippen LogP contribution >= 0.6 is 12.2 Å². The molecule has 0 amide bonds. The van der Waals surface area contributed by atoms with Crippen LogP contribution in [-0.4, -0.2) is 57.7 Å². The highest BCUT2D eigenvalue weighted by Crippen LogP contribution is 2.32. The first-order valence-electron chi connectivity index (χ1n) is 9.66. The van der Waals surface area contributed by atoms with Gasteiger partial charge < -0.3 is 34.3 Å². The highest BCUT2D eigenvalue weighted by atomic mass is 32.1. The monoisotopic (exact) mass is 402 g/mol. The van der Waals surface area contributed by atoms with Gasteiger partial charge in [-0.25, -0.2) is 0 Å². The molecule has 150 valence electrons. The minimum atomic E-state index is 0.553. The molecule has 2 N–H and O–H groups in total. The molecule has 8 heteroatoms. The van der Waals surface area contributed by atoms with Crippen LogP contribution in [0, 0.1) is 0 Å². The molecule has 2 aromatic rings. The largest absolute Gasteiger partial charge is 0.467 e. The Hall–Kier alpha value is -2.29. The number of nitrogens with zero attached hydrogens (tertiary/aromatic N) is 2. The van der Waals surface area contributed by atoms with Crippen molar-refractivity contribution in [2.45, 2.75) is 6.54 Å². The van der Waals surface area contributed by atoms with E-state index in [0.29, 0.717) is 11.7 Å². The van der Waals surface area contributed by atoms with Crippen molar-refractivity contribution in [3.05, 3.63) is 42.4 Å². The Bertz CT molecular complexity index is 772. The number of hydrogen-bond acceptors (Lipinski definition) is 6. The summed E-state index contributed by atoms with van der Waals surface area (Å²) in [5, 5.41) is 7.13. The second-order valence-electron chi connectivity index (χ2n) is 6.79. The lowest BCUT2D eigenvalue weighted by atomic mass is 10.2. The van der Waals surface area contributed by atoms with Crippen molar-refractivity contribution in [2.75, 3.05) is 67.7 Å². The number of hydrogen-bond donors (Lipinski definition) is 2. The first-order valence-corrected chi connectivity index (χ1v) is 10.1. The molecule has 0 spiro atoms. The van der Waals surface area contributed by atoms with E-state index < -0.39 is 0 Å². The molecule has 0 bridgehead atoms. The average molecular weight is 403 g/mol. The summed E-state index contributed by atoms with van der Waals surface area (Å²) in [5.74, 6) is 0.847. The van der Waals surface area contributed by atoms with Crippen LogP contribution in [0.25, 0.3) is 0 Å². The summed E-state index contributed by atoms with van der Waals surface area (Å²) in [4.78, 5) is 4.72. The lowest BCUT2D eigenvalue weighted by Crippen LogP contribution is -2.38. The number of benzene rings is 1. The van der Waals surface area contributed by atoms with Gasteiger partial charge in [0.25, 0.3) is 0 Å². The molecule has 3 heterocycles. The zero-order valence-corrected chi connectivity index (χ0v) is 16.7. The van der Waals surface area contributed by atoms with E-state index in [1.165, 1.54) is 5.69 Å². The van der Waals surface area contributed by atoms with Gasteiger partial charge in [-0.3, -0.25) is 0 Å². The summed E-state index contributed by atoms with van der Waals surface area (Å²) in [6, 6.07) is 10.3. The van der Waals surface area contributed by atoms with E-state index in [2.05, 4.69) is 38.6 Å². The molecular formula is C20H26N4O3S. The van der Waals surface area contributed by atoms with Crippen molar-refractivity contribution in [3.63, 3.8) is 0 Å². The number of furan rings is 1. The predicted octanol–water partition coefficient (Wildman–Crippen LogP) is 2.44. The van der Waals surface area contributed by atoms with Gasteiger partial charge in [0.2, 0.25) is 0 Å². The molecule has 2 fully saturated rings. The van der Waals surface area contributed by atoms with Gasteiger partial charge in [-0.2, -0.15) is 0 Å². The molecule has 0 saturated carbocycles. The fraction of sp³-hybridized carbons (Fsp3) is 0.450. The lowest BCUT2D eigenvalue weighted by molar-refractivity contribution is 0.122. The average Bonchev–Trinajstić information content (AvgIpc) is 3.28. The Morgan fingerprint density at radius 3 is 2.36 bits per heavy atom. The Labute approximate surface area is 170 Å². The van der Waals surface area contributed by atoms with E-state index in [9.17, 15) is 0 Å². The number of morpholine rings is 2. The van der Waals surface area contributed by atoms with Gasteiger partial charge >= 0.3 is 0 Å². The van der Waals surface area contributed by atoms with Gasteiger partial charge in [0.05, 0.1) is 50.6 Å². The number of anilines is 3. The van der Waals surface area contributed by atoms with E-state index in [1.54, 1.807) is 6.26 Å². The van der Waals surface area contributed by atoms with Crippen molar-refractivity contribution in [2.24, 2.45) is 0 Å². The number of thiocarbonyl (C=S) groups is 1. The highest BCUT2D eigenvalue weighted by Gasteiger charge is 2.19. The van der Waals surface area contributed by atoms with Gasteiger partial charge in [0.1, 0.15) is 5.76 Å². The van der Waals surface area contributed by atoms with Gasteiger partial charge in [0.15, 0.2) is 5.11 Å². The second-order valence-corrected chi connectivity index (χ2v) is 7.20. The SMILES string of the molecule is S=C(NCc1ccco1)Nc1ccc(N2CCOCC2)cc1N1CCOCC1. The second kappa shape index (κ2) is 9.27. The summed E-state index contributed by atoms with van der Waals surface area (Å²) in [7, 11) is 0. The van der Waals surface area contributed by atoms with Gasteiger partial charge in [-0.05, 0) is 42.5 Å². The van der Waals surface area contributed by atoms with Crippen molar-refractivity contribution in [1.29, 1.82) is 0 Å². The maximum absolute atomic E-state index is 5.53. The molecular weight excluding hydrogens is 376 g/mol. The van der Waals surface area contributed by atoms with E-state index in [4.69, 9.17) is 26.1 Å². The maximum Gasteiger partial charge on any atom is 0.171 e. The van der Waals surface area contributed by atoms with E-state index in [1.807, 2.05) is 12.1 Å². The normalized spacial score (nSPS) is 17.4. The minimum absolute atomic E-state index is 0.553. The summed E-state index contributed by atoms with van der Waals surface area (Å²) in [5.41, 5.74) is 3.36. The third-order valence-corrected chi connectivity index (χ3v) is 5.21. The summed E-state index contributed by atoms with van der Waals surface area (Å²) < 4.78 is 16.4. The topological polar surface area (TPSA) is 62.1 Å². The Balaban J connectivity index is 1.49. The lowest BCUT2D eigenvalue weighted by Gasteiger charge is -2.33. The quantitative estimate of drug-likeness (QED) is 0.740. The van der Waals surface area contributed by atoms with Crippen LogP contribution in [0.2, 0.25) is 0 Å². The van der Waals surface area contributed by atoms with Gasteiger partial charge in [-0.15, -0.1) is 0 Å². The molecule has 2 aliphatic heterocycles. The molecule has 7 nitrogen and oxygen atoms in total. The molecule has 0 atom stereocenters. The van der Waals surface area contributed by atoms with E-state index in [-0.39, 0.29) is 0 Å². The minimum Gasteiger partial charge on any atom is -0.467 e. The van der Waals surface area contributed by atoms with E-state index >= 15 is 0 Å². The van der Waals surface area contributed by atoms with Crippen LogP contribution < -0.4 is 20.4 Å². The smallest absolute Gasteiger partial charge is 0.171 e. The predicted molar refractivity (Wildman–Crippen MR) is 114 cm³/mol. The maximum atomic E-state index is 5.53. The molecule has 2 saturated heterocycles. The highest BCUT2D eigenvalue weighted by molar-refractivity contribution is 7.80. The van der Waals surface area contributed by atoms with Crippen molar-refractivity contribution < 1.29 is 13.9 Å². The summed E-state index contributed by atoms with van der Waals surface area (Å²) in [6.45, 7) is 7.14. The van der Waals surface area contributed by atoms with Crippen LogP contribution in [0.4, 0.5) is 17.1 Å². The third-order valence-electron chi connectivity index (χ3n) is 4.96. The number of nitrogens with one attached hydrogen (secondary N) is 2. The fourth-order valence-electron chi connectivity index (χ4n) is 3.46. The molecule has 1 aromatic carbocycles. The summed E-state index contributed by atoms with van der Waals surface area (Å²) >= 11 is 5.49. The molecule has 0 radical (unpaired) electrons. The summed E-state index contributed by atoms with van der Waals surface area (Å²) in [6.07, 6.45) is 1.66. The van der Waals surface area contributed by atoms with Crippen molar-refractivity contribution >= 4 is 34.4 Å². The molecule has 4 rings (SSSR count). The van der Waals surface area contributed by atoms with Crippen LogP contribution in [0.15, 0.2) is 41.0 Å². The Morgan fingerprint density at radius 2 is 1.68 bits per heavy atom. The standard InChI is InChI=1S/C20H26N4O3S/c28-20(21-15-17-2-1-9-27-17)22-18-4-3-16(23-5-10-25-11-6-23)14-19(18)24-7-12-26-13-8-24/h1-4,9,14H,5-8,10-13,15H2,(H2,21,22,28). The number of ether oxygens (including phenoxy) is 2. The first-order chi connectivity index (χ1) is 13.8. The van der Waals surface area contributed by atoms with Crippen LogP contribution in [0.3, 0.4) is 0 Å². The molecule has 2 aliphatic rings. The van der Waals surface area contributed by atoms with Crippen LogP contribution in [0.5, 0.6) is 0 Å². The van der Waals surface area contributed by atoms with Crippen molar-refractivity contribution in [1.82, 2.24) is 5.32 Å². The first kappa shape index (κ1) is 19.0. The van der Waals surface area contributed by atoms with Crippen LogP contribution in [-0.2, 0) is 16.0 Å². The van der Waals surface area contributed by atoms with Gasteiger partial charge in [-0.1, -0.05) is 0 Å². The Morgan fingerprint density at radius 1 is 0.964 bits per heavy atom. The fourth-order valence-corrected chi connectivity index (χ4v) is 3.64. The zero-order valence-electron chi connectivity index (χ0n) is 15.9. The van der Waals surface area contributed by atoms with Crippen LogP contribution in [0.1, 0.15) is 5.76 Å². The van der Waals surface area contributed by atoms with E-state index in [0.717, 1.165) is 69.7 Å². The number of rotatable bonds is 5.